The third kappa shape index (κ3) is 3.66. The predicted octanol–water partition coefficient (Wildman–Crippen LogP) is 6.84. The molecule has 158 valence electrons. The molecule has 4 aliphatic carbocycles. The Morgan fingerprint density at radius 1 is 0.933 bits per heavy atom. The first-order chi connectivity index (χ1) is 14.4. The van der Waals surface area contributed by atoms with E-state index >= 15 is 0 Å². The van der Waals surface area contributed by atoms with E-state index in [9.17, 15) is 4.79 Å². The van der Waals surface area contributed by atoms with Crippen molar-refractivity contribution in [3.05, 3.63) is 68.7 Å². The Morgan fingerprint density at radius 2 is 1.63 bits per heavy atom. The monoisotopic (exact) mass is 461 g/mol. The van der Waals surface area contributed by atoms with E-state index in [0.717, 1.165) is 36.3 Å². The number of halogens is 3. The van der Waals surface area contributed by atoms with Gasteiger partial charge in [-0.3, -0.25) is 4.79 Å². The molecule has 2 aromatic rings. The van der Waals surface area contributed by atoms with E-state index in [1.807, 2.05) is 30.3 Å². The van der Waals surface area contributed by atoms with E-state index in [0.29, 0.717) is 28.4 Å². The summed E-state index contributed by atoms with van der Waals surface area (Å²) in [5.41, 5.74) is 2.37. The van der Waals surface area contributed by atoms with Crippen molar-refractivity contribution in [2.75, 3.05) is 6.54 Å². The molecule has 0 saturated heterocycles. The summed E-state index contributed by atoms with van der Waals surface area (Å²) in [7, 11) is 0. The highest BCUT2D eigenvalue weighted by molar-refractivity contribution is 6.42. The highest BCUT2D eigenvalue weighted by Gasteiger charge is 2.60. The summed E-state index contributed by atoms with van der Waals surface area (Å²) in [4.78, 5) is 13.5. The zero-order valence-electron chi connectivity index (χ0n) is 16.9. The largest absolute Gasteiger partial charge is 0.355 e. The van der Waals surface area contributed by atoms with Gasteiger partial charge in [-0.05, 0) is 97.6 Å². The Hall–Kier alpha value is -1.22. The standard InChI is InChI=1S/C25H26Cl3NO/c26-20-4-2-19(3-5-20)24-11-17-9-18(12-24)14-25(13-17,15-24)23(30)29-8-7-16-1-6-21(27)22(28)10-16/h1-6,10,17-18H,7-9,11-15H2,(H,29,30)/t17-,18+,24?,25?. The lowest BCUT2D eigenvalue weighted by Crippen LogP contribution is -2.59. The Balaban J connectivity index is 1.31. The maximum absolute atomic E-state index is 13.5. The lowest BCUT2D eigenvalue weighted by Gasteiger charge is -2.61. The van der Waals surface area contributed by atoms with E-state index < -0.39 is 0 Å². The molecule has 4 atom stereocenters. The van der Waals surface area contributed by atoms with Crippen LogP contribution in [0.25, 0.3) is 0 Å². The van der Waals surface area contributed by atoms with Crippen LogP contribution in [-0.2, 0) is 16.6 Å². The highest BCUT2D eigenvalue weighted by Crippen LogP contribution is 2.65. The number of carbonyl (C=O) groups is 1. The molecule has 6 rings (SSSR count). The summed E-state index contributed by atoms with van der Waals surface area (Å²) >= 11 is 18.3. The molecule has 4 bridgehead atoms. The molecule has 30 heavy (non-hydrogen) atoms. The lowest BCUT2D eigenvalue weighted by atomic mass is 9.42. The zero-order chi connectivity index (χ0) is 20.9. The SMILES string of the molecule is O=C(NCCc1ccc(Cl)c(Cl)c1)C12C[C@H]3C[C@@H](C1)CC(c1ccc(Cl)cc1)(C3)C2. The summed E-state index contributed by atoms with van der Waals surface area (Å²) in [6.07, 6.45) is 7.51. The fraction of sp³-hybridized carbons (Fsp3) is 0.480. The van der Waals surface area contributed by atoms with E-state index in [1.165, 1.54) is 24.8 Å². The molecule has 1 N–H and O–H groups in total. The minimum atomic E-state index is -0.221. The molecule has 1 amide bonds. The van der Waals surface area contributed by atoms with Crippen LogP contribution in [0.3, 0.4) is 0 Å². The number of amides is 1. The number of rotatable bonds is 5. The first-order valence-corrected chi connectivity index (χ1v) is 12.0. The Morgan fingerprint density at radius 3 is 2.30 bits per heavy atom. The Labute approximate surface area is 193 Å². The minimum Gasteiger partial charge on any atom is -0.355 e. The van der Waals surface area contributed by atoms with Gasteiger partial charge in [-0.1, -0.05) is 53.0 Å². The summed E-state index contributed by atoms with van der Waals surface area (Å²) in [6, 6.07) is 14.0. The van der Waals surface area contributed by atoms with Crippen LogP contribution in [0.4, 0.5) is 0 Å². The molecule has 2 unspecified atom stereocenters. The van der Waals surface area contributed by atoms with Gasteiger partial charge in [-0.15, -0.1) is 0 Å². The van der Waals surface area contributed by atoms with Crippen LogP contribution in [-0.4, -0.2) is 12.5 Å². The summed E-state index contributed by atoms with van der Waals surface area (Å²) in [5, 5.41) is 5.16. The number of benzene rings is 2. The molecule has 0 radical (unpaired) electrons. The molecule has 4 fully saturated rings. The molecule has 2 nitrogen and oxygen atoms in total. The highest BCUT2D eigenvalue weighted by atomic mass is 35.5. The molecule has 4 aliphatic rings. The van der Waals surface area contributed by atoms with Gasteiger partial charge in [-0.25, -0.2) is 0 Å². The van der Waals surface area contributed by atoms with Crippen LogP contribution in [0.15, 0.2) is 42.5 Å². The van der Waals surface area contributed by atoms with Crippen molar-refractivity contribution in [3.63, 3.8) is 0 Å². The number of carbonyl (C=O) groups excluding carboxylic acids is 1. The van der Waals surface area contributed by atoms with E-state index in [2.05, 4.69) is 17.4 Å². The van der Waals surface area contributed by atoms with Crippen LogP contribution in [0.1, 0.15) is 49.7 Å². The van der Waals surface area contributed by atoms with Crippen molar-refractivity contribution in [3.8, 4) is 0 Å². The fourth-order valence-electron chi connectivity index (χ4n) is 6.87. The van der Waals surface area contributed by atoms with Gasteiger partial charge >= 0.3 is 0 Å². The van der Waals surface area contributed by atoms with Crippen molar-refractivity contribution >= 4 is 40.7 Å². The van der Waals surface area contributed by atoms with Crippen molar-refractivity contribution < 1.29 is 4.79 Å². The molecular formula is C25H26Cl3NO. The van der Waals surface area contributed by atoms with Crippen molar-refractivity contribution in [1.82, 2.24) is 5.32 Å². The van der Waals surface area contributed by atoms with Gasteiger partial charge in [0, 0.05) is 11.6 Å². The normalized spacial score (nSPS) is 31.7. The molecule has 0 aromatic heterocycles. The van der Waals surface area contributed by atoms with Crippen molar-refractivity contribution in [2.45, 2.75) is 50.4 Å². The Kier molecular flexibility index (Phi) is 5.32. The van der Waals surface area contributed by atoms with Crippen molar-refractivity contribution in [1.29, 1.82) is 0 Å². The van der Waals surface area contributed by atoms with Gasteiger partial charge in [0.1, 0.15) is 0 Å². The third-order valence-electron chi connectivity index (χ3n) is 7.68. The van der Waals surface area contributed by atoms with E-state index in [4.69, 9.17) is 34.8 Å². The van der Waals surface area contributed by atoms with Gasteiger partial charge in [0.25, 0.3) is 0 Å². The van der Waals surface area contributed by atoms with Crippen LogP contribution < -0.4 is 5.32 Å². The quantitative estimate of drug-likeness (QED) is 0.517. The third-order valence-corrected chi connectivity index (χ3v) is 8.67. The summed E-state index contributed by atoms with van der Waals surface area (Å²) in [5.74, 6) is 1.56. The second-order valence-electron chi connectivity index (χ2n) is 9.78. The van der Waals surface area contributed by atoms with Crippen LogP contribution in [0, 0.1) is 17.3 Å². The van der Waals surface area contributed by atoms with Crippen LogP contribution in [0.2, 0.25) is 15.1 Å². The zero-order valence-corrected chi connectivity index (χ0v) is 19.2. The average molecular weight is 463 g/mol. The second-order valence-corrected chi connectivity index (χ2v) is 11.0. The molecule has 4 saturated carbocycles. The van der Waals surface area contributed by atoms with Gasteiger partial charge in [0.15, 0.2) is 0 Å². The van der Waals surface area contributed by atoms with Crippen molar-refractivity contribution in [2.24, 2.45) is 17.3 Å². The number of nitrogens with one attached hydrogen (secondary N) is 1. The molecule has 5 heteroatoms. The van der Waals surface area contributed by atoms with Gasteiger partial charge in [-0.2, -0.15) is 0 Å². The second kappa shape index (κ2) is 7.73. The lowest BCUT2D eigenvalue weighted by molar-refractivity contribution is -0.149. The van der Waals surface area contributed by atoms with E-state index in [1.54, 1.807) is 0 Å². The smallest absolute Gasteiger partial charge is 0.226 e. The first kappa shape index (κ1) is 20.7. The van der Waals surface area contributed by atoms with Gasteiger partial charge in [0.2, 0.25) is 5.91 Å². The Bertz CT molecular complexity index is 957. The van der Waals surface area contributed by atoms with Crippen LogP contribution in [0.5, 0.6) is 0 Å². The fourth-order valence-corrected chi connectivity index (χ4v) is 7.32. The van der Waals surface area contributed by atoms with Gasteiger partial charge in [0.05, 0.1) is 15.5 Å². The molecule has 2 aromatic carbocycles. The summed E-state index contributed by atoms with van der Waals surface area (Å²) in [6.45, 7) is 0.627. The maximum Gasteiger partial charge on any atom is 0.226 e. The van der Waals surface area contributed by atoms with Crippen LogP contribution >= 0.6 is 34.8 Å². The average Bonchev–Trinajstić information content (AvgIpc) is 2.70. The molecule has 0 aliphatic heterocycles. The minimum absolute atomic E-state index is 0.135. The number of hydrogen-bond acceptors (Lipinski definition) is 1. The summed E-state index contributed by atoms with van der Waals surface area (Å²) < 4.78 is 0. The first-order valence-electron chi connectivity index (χ1n) is 10.9. The number of hydrogen-bond donors (Lipinski definition) is 1. The molecular weight excluding hydrogens is 437 g/mol. The molecule has 0 heterocycles. The molecule has 0 spiro atoms. The maximum atomic E-state index is 13.5. The van der Waals surface area contributed by atoms with Gasteiger partial charge < -0.3 is 5.32 Å². The predicted molar refractivity (Wildman–Crippen MR) is 123 cm³/mol. The van der Waals surface area contributed by atoms with E-state index in [-0.39, 0.29) is 16.7 Å². The topological polar surface area (TPSA) is 29.1 Å².